The summed E-state index contributed by atoms with van der Waals surface area (Å²) in [5.41, 5.74) is 4.67. The molecule has 8 aromatic rings. The SMILES string of the molecule is CC(C)(C)c1ccc(C(F)(F)F)cn1.CC(C)(C)c1cccnc1Oc1ccc(F)cc1.CC(C)(C)c1cccnc1Oc1ccc(F)cc1F.CC(C)(C)c1cccnc1Oc1ccccc1F.Cc1cccc(C(C)(C)C)n1. The van der Waals surface area contributed by atoms with Crippen molar-refractivity contribution < 1.29 is 44.9 Å². The highest BCUT2D eigenvalue weighted by Gasteiger charge is 2.31. The van der Waals surface area contributed by atoms with Gasteiger partial charge in [0, 0.05) is 75.5 Å². The third-order valence-electron chi connectivity index (χ3n) is 11.4. The minimum absolute atomic E-state index is 0.0365. The lowest BCUT2D eigenvalue weighted by molar-refractivity contribution is -0.137. The van der Waals surface area contributed by atoms with Crippen molar-refractivity contribution in [2.45, 2.75) is 144 Å². The molecule has 0 aliphatic carbocycles. The van der Waals surface area contributed by atoms with Crippen LogP contribution >= 0.6 is 0 Å². The van der Waals surface area contributed by atoms with Gasteiger partial charge in [-0.2, -0.15) is 13.2 Å². The van der Waals surface area contributed by atoms with Crippen molar-refractivity contribution in [3.63, 3.8) is 0 Å². The number of para-hydroxylation sites is 1. The molecule has 0 atom stereocenters. The molecule has 0 N–H and O–H groups in total. The maximum Gasteiger partial charge on any atom is 0.417 e. The van der Waals surface area contributed by atoms with E-state index < -0.39 is 23.4 Å². The van der Waals surface area contributed by atoms with Crippen LogP contribution in [0.1, 0.15) is 143 Å². The van der Waals surface area contributed by atoms with Crippen LogP contribution in [0.4, 0.5) is 30.7 Å². The van der Waals surface area contributed by atoms with E-state index in [4.69, 9.17) is 14.2 Å². The first-order valence-electron chi connectivity index (χ1n) is 25.9. The predicted octanol–water partition coefficient (Wildman–Crippen LogP) is 19.2. The van der Waals surface area contributed by atoms with Crippen LogP contribution in [0.15, 0.2) is 158 Å². The van der Waals surface area contributed by atoms with Gasteiger partial charge in [-0.3, -0.25) is 9.97 Å². The summed E-state index contributed by atoms with van der Waals surface area (Å²) in [7, 11) is 0. The largest absolute Gasteiger partial charge is 0.439 e. The zero-order valence-electron chi connectivity index (χ0n) is 48.6. The summed E-state index contributed by atoms with van der Waals surface area (Å²) in [5.74, 6) is 0.0509. The van der Waals surface area contributed by atoms with Crippen molar-refractivity contribution in [1.82, 2.24) is 24.9 Å². The maximum absolute atomic E-state index is 13.6. The lowest BCUT2D eigenvalue weighted by Gasteiger charge is -2.21. The van der Waals surface area contributed by atoms with Gasteiger partial charge in [-0.05, 0) is 114 Å². The number of benzene rings is 3. The number of pyridine rings is 5. The molecule has 8 nitrogen and oxygen atoms in total. The van der Waals surface area contributed by atoms with Crippen LogP contribution in [-0.2, 0) is 33.3 Å². The monoisotopic (exact) mass is 1110 g/mol. The van der Waals surface area contributed by atoms with Crippen LogP contribution in [-0.4, -0.2) is 24.9 Å². The minimum Gasteiger partial charge on any atom is -0.439 e. The number of hydrogen-bond acceptors (Lipinski definition) is 8. The fourth-order valence-corrected chi connectivity index (χ4v) is 7.00. The molecular formula is C65H74F7N5O3. The summed E-state index contributed by atoms with van der Waals surface area (Å²) < 4.78 is 106. The Morgan fingerprint density at radius 2 is 0.825 bits per heavy atom. The van der Waals surface area contributed by atoms with Gasteiger partial charge in [-0.1, -0.05) is 140 Å². The molecule has 0 bridgehead atoms. The predicted molar refractivity (Wildman–Crippen MR) is 304 cm³/mol. The second-order valence-electron chi connectivity index (χ2n) is 23.7. The van der Waals surface area contributed by atoms with Gasteiger partial charge in [-0.25, -0.2) is 32.5 Å². The molecule has 0 aliphatic heterocycles. The van der Waals surface area contributed by atoms with Crippen molar-refractivity contribution in [3.05, 3.63) is 221 Å². The highest BCUT2D eigenvalue weighted by atomic mass is 19.4. The Morgan fingerprint density at radius 1 is 0.375 bits per heavy atom. The molecule has 5 aromatic heterocycles. The summed E-state index contributed by atoms with van der Waals surface area (Å²) in [6, 6.07) is 35.5. The number of alkyl halides is 3. The Labute approximate surface area is 467 Å². The average Bonchev–Trinajstić information content (AvgIpc) is 3.36. The summed E-state index contributed by atoms with van der Waals surface area (Å²) in [6.07, 6.45) is 1.48. The van der Waals surface area contributed by atoms with Crippen LogP contribution in [0.2, 0.25) is 0 Å². The van der Waals surface area contributed by atoms with Crippen molar-refractivity contribution in [1.29, 1.82) is 0 Å². The Balaban J connectivity index is 0.000000218. The number of aryl methyl sites for hydroxylation is 1. The Bertz CT molecular complexity index is 3170. The Hall–Kier alpha value is -7.68. The molecule has 0 unspecified atom stereocenters. The van der Waals surface area contributed by atoms with Gasteiger partial charge in [0.05, 0.1) is 5.56 Å². The van der Waals surface area contributed by atoms with Gasteiger partial charge < -0.3 is 14.2 Å². The topological polar surface area (TPSA) is 92.1 Å². The molecule has 0 radical (unpaired) electrons. The zero-order valence-corrected chi connectivity index (χ0v) is 48.6. The van der Waals surface area contributed by atoms with E-state index in [9.17, 15) is 30.7 Å². The van der Waals surface area contributed by atoms with E-state index in [1.54, 1.807) is 55.0 Å². The molecule has 15 heteroatoms. The first kappa shape index (κ1) is 64.8. The number of hydrogen-bond donors (Lipinski definition) is 0. The van der Waals surface area contributed by atoms with Crippen molar-refractivity contribution in [2.75, 3.05) is 0 Å². The summed E-state index contributed by atoms with van der Waals surface area (Å²) in [4.78, 5) is 20.8. The molecule has 0 fully saturated rings. The van der Waals surface area contributed by atoms with E-state index in [1.807, 2.05) is 84.9 Å². The van der Waals surface area contributed by atoms with Crippen molar-refractivity contribution in [3.8, 4) is 34.9 Å². The molecule has 80 heavy (non-hydrogen) atoms. The van der Waals surface area contributed by atoms with Crippen LogP contribution in [0.5, 0.6) is 34.9 Å². The normalized spacial score (nSPS) is 11.7. The summed E-state index contributed by atoms with van der Waals surface area (Å²) in [5, 5.41) is 0. The smallest absolute Gasteiger partial charge is 0.417 e. The first-order valence-corrected chi connectivity index (χ1v) is 25.9. The molecule has 8 rings (SSSR count). The Morgan fingerprint density at radius 3 is 1.21 bits per heavy atom. The quantitative estimate of drug-likeness (QED) is 0.152. The molecule has 0 aliphatic rings. The van der Waals surface area contributed by atoms with Crippen LogP contribution in [0.3, 0.4) is 0 Å². The van der Waals surface area contributed by atoms with E-state index in [2.05, 4.69) is 99.4 Å². The van der Waals surface area contributed by atoms with Crippen LogP contribution in [0, 0.1) is 30.2 Å². The summed E-state index contributed by atoms with van der Waals surface area (Å²) >= 11 is 0. The van der Waals surface area contributed by atoms with Crippen molar-refractivity contribution in [2.24, 2.45) is 0 Å². The third-order valence-corrected chi connectivity index (χ3v) is 11.4. The van der Waals surface area contributed by atoms with Gasteiger partial charge in [0.2, 0.25) is 17.6 Å². The van der Waals surface area contributed by atoms with Crippen molar-refractivity contribution >= 4 is 0 Å². The van der Waals surface area contributed by atoms with Gasteiger partial charge >= 0.3 is 6.18 Å². The molecule has 5 heterocycles. The molecule has 0 amide bonds. The van der Waals surface area contributed by atoms with Gasteiger partial charge in [0.15, 0.2) is 23.1 Å². The highest BCUT2D eigenvalue weighted by molar-refractivity contribution is 5.39. The standard InChI is InChI=1S/C15H15F2NO.2C15H16FNO.C10H12F3N.C10H15N/c1-15(2,3)11-5-4-8-18-14(11)19-13-7-6-10(16)9-12(13)17;1-15(2,3)13-5-4-10-17-14(13)18-12-8-6-11(16)7-9-12;1-15(2,3)11-7-6-10-17-14(11)18-13-9-5-4-8-12(13)16;1-9(2,3)8-5-4-7(6-14-8)10(11,12)13;1-8-6-5-7-9(11-8)10(2,3)4/h4-9H,1-3H3;2*4-10H,1-3H3;4-6H,1-3H3;5-7H,1-4H3. The molecule has 3 aromatic carbocycles. The fraction of sp³-hybridized carbons (Fsp3) is 0.338. The molecule has 0 spiro atoms. The fourth-order valence-electron chi connectivity index (χ4n) is 7.00. The molecule has 0 saturated heterocycles. The second kappa shape index (κ2) is 27.5. The Kier molecular flexibility index (Phi) is 22.3. The lowest BCUT2D eigenvalue weighted by atomic mass is 9.88. The highest BCUT2D eigenvalue weighted by Crippen LogP contribution is 2.36. The van der Waals surface area contributed by atoms with Crippen LogP contribution < -0.4 is 14.2 Å². The van der Waals surface area contributed by atoms with Gasteiger partial charge in [0.25, 0.3) is 0 Å². The van der Waals surface area contributed by atoms with E-state index in [0.717, 1.165) is 52.5 Å². The molecule has 0 saturated carbocycles. The van der Waals surface area contributed by atoms with E-state index in [-0.39, 0.29) is 50.2 Å². The average molecular weight is 1110 g/mol. The summed E-state index contributed by atoms with van der Waals surface area (Å²) in [6.45, 7) is 32.8. The van der Waals surface area contributed by atoms with E-state index in [1.165, 1.54) is 30.3 Å². The number of ether oxygens (including phenoxy) is 3. The number of rotatable bonds is 6. The first-order chi connectivity index (χ1) is 37.0. The number of aromatic nitrogens is 5. The lowest BCUT2D eigenvalue weighted by Crippen LogP contribution is -2.14. The van der Waals surface area contributed by atoms with E-state index in [0.29, 0.717) is 29.1 Å². The van der Waals surface area contributed by atoms with Gasteiger partial charge in [0.1, 0.15) is 17.4 Å². The van der Waals surface area contributed by atoms with E-state index >= 15 is 0 Å². The minimum atomic E-state index is -4.30. The molecule has 426 valence electrons. The molecular weight excluding hydrogens is 1030 g/mol. The number of halogens is 7. The van der Waals surface area contributed by atoms with Gasteiger partial charge in [-0.15, -0.1) is 0 Å². The second-order valence-corrected chi connectivity index (χ2v) is 23.7. The maximum atomic E-state index is 13.6. The third kappa shape index (κ3) is 20.8. The van der Waals surface area contributed by atoms with Crippen LogP contribution in [0.25, 0.3) is 0 Å². The zero-order chi connectivity index (χ0) is 59.9. The number of nitrogens with zero attached hydrogens (tertiary/aromatic N) is 5.